The van der Waals surface area contributed by atoms with Gasteiger partial charge in [0.2, 0.25) is 0 Å². The highest BCUT2D eigenvalue weighted by Gasteiger charge is 2.38. The minimum absolute atomic E-state index is 0.181. The van der Waals surface area contributed by atoms with Gasteiger partial charge in [-0.1, -0.05) is 67.6 Å². The molecule has 2 aromatic carbocycles. The van der Waals surface area contributed by atoms with Crippen molar-refractivity contribution in [1.29, 1.82) is 0 Å². The normalized spacial score (nSPS) is 18.4. The molecule has 0 N–H and O–H groups in total. The maximum absolute atomic E-state index is 14.0. The second kappa shape index (κ2) is 7.23. The van der Waals surface area contributed by atoms with Gasteiger partial charge in [-0.05, 0) is 13.3 Å². The molecule has 128 valence electrons. The average molecular weight is 344 g/mol. The van der Waals surface area contributed by atoms with Crippen molar-refractivity contribution in [2.24, 2.45) is 5.92 Å². The molecule has 0 aliphatic carbocycles. The Balaban J connectivity index is 1.85. The van der Waals surface area contributed by atoms with Crippen LogP contribution in [0.1, 0.15) is 20.3 Å². The van der Waals surface area contributed by atoms with E-state index in [1.807, 2.05) is 67.6 Å². The van der Waals surface area contributed by atoms with Crippen molar-refractivity contribution < 1.29 is 14.0 Å². The minimum atomic E-state index is -2.66. The molecule has 24 heavy (non-hydrogen) atoms. The van der Waals surface area contributed by atoms with Crippen LogP contribution in [0.5, 0.6) is 0 Å². The Kier molecular flexibility index (Phi) is 5.24. The molecule has 0 spiro atoms. The molecule has 0 radical (unpaired) electrons. The lowest BCUT2D eigenvalue weighted by Crippen LogP contribution is -2.35. The van der Waals surface area contributed by atoms with Crippen LogP contribution in [0.4, 0.5) is 0 Å². The molecule has 1 aliphatic rings. The van der Waals surface area contributed by atoms with Crippen LogP contribution < -0.4 is 10.6 Å². The molecule has 1 heterocycles. The summed E-state index contributed by atoms with van der Waals surface area (Å²) >= 11 is 0. The topological polar surface area (TPSA) is 35.5 Å². The zero-order valence-electron chi connectivity index (χ0n) is 14.4. The standard InChI is InChI=1S/C20H25O3P/c1-17(20(2)22-14-15-23-20)13-16-24(21,18-9-5-3-6-10-18)19-11-7-4-8-12-19/h3-12,17H,13-16H2,1-2H3. The second-order valence-electron chi connectivity index (χ2n) is 6.54. The van der Waals surface area contributed by atoms with Crippen LogP contribution in [0.15, 0.2) is 60.7 Å². The van der Waals surface area contributed by atoms with Gasteiger partial charge >= 0.3 is 0 Å². The summed E-state index contributed by atoms with van der Waals surface area (Å²) in [4.78, 5) is 0. The molecule has 0 aromatic heterocycles. The van der Waals surface area contributed by atoms with E-state index in [-0.39, 0.29) is 5.92 Å². The Morgan fingerprint density at radius 3 is 1.88 bits per heavy atom. The fraction of sp³-hybridized carbons (Fsp3) is 0.400. The SMILES string of the molecule is CC(CCP(=O)(c1ccccc1)c1ccccc1)C1(C)OCCO1. The van der Waals surface area contributed by atoms with Gasteiger partial charge in [0.1, 0.15) is 7.14 Å². The first-order valence-corrected chi connectivity index (χ1v) is 10.4. The molecular formula is C20H25O3P. The van der Waals surface area contributed by atoms with Gasteiger partial charge in [0.05, 0.1) is 13.2 Å². The molecule has 1 saturated heterocycles. The van der Waals surface area contributed by atoms with Crippen molar-refractivity contribution in [3.8, 4) is 0 Å². The van der Waals surface area contributed by atoms with E-state index in [9.17, 15) is 4.57 Å². The lowest BCUT2D eigenvalue weighted by molar-refractivity contribution is -0.177. The first-order chi connectivity index (χ1) is 11.5. The first kappa shape index (κ1) is 17.4. The Labute approximate surface area is 144 Å². The predicted octanol–water partition coefficient (Wildman–Crippen LogP) is 3.79. The molecule has 3 nitrogen and oxygen atoms in total. The Hall–Kier alpha value is -1.41. The molecule has 0 amide bonds. The third-order valence-corrected chi connectivity index (χ3v) is 8.13. The molecule has 1 unspecified atom stereocenters. The van der Waals surface area contributed by atoms with Crippen LogP contribution in [-0.2, 0) is 14.0 Å². The van der Waals surface area contributed by atoms with Crippen LogP contribution in [0.25, 0.3) is 0 Å². The van der Waals surface area contributed by atoms with E-state index in [0.29, 0.717) is 19.4 Å². The van der Waals surface area contributed by atoms with E-state index in [1.165, 1.54) is 0 Å². The summed E-state index contributed by atoms with van der Waals surface area (Å²) < 4.78 is 25.5. The second-order valence-corrected chi connectivity index (χ2v) is 9.50. The van der Waals surface area contributed by atoms with E-state index in [4.69, 9.17) is 9.47 Å². The molecule has 0 saturated carbocycles. The van der Waals surface area contributed by atoms with Gasteiger partial charge in [-0.2, -0.15) is 0 Å². The summed E-state index contributed by atoms with van der Waals surface area (Å²) in [6, 6.07) is 19.7. The molecule has 1 aliphatic heterocycles. The van der Waals surface area contributed by atoms with Crippen molar-refractivity contribution >= 4 is 17.8 Å². The third kappa shape index (κ3) is 3.49. The Morgan fingerprint density at radius 1 is 0.958 bits per heavy atom. The number of benzene rings is 2. The van der Waals surface area contributed by atoms with E-state index in [1.54, 1.807) is 0 Å². The quantitative estimate of drug-likeness (QED) is 0.748. The fourth-order valence-corrected chi connectivity index (χ4v) is 6.07. The summed E-state index contributed by atoms with van der Waals surface area (Å²) in [7, 11) is -2.66. The van der Waals surface area contributed by atoms with E-state index in [2.05, 4.69) is 6.92 Å². The highest BCUT2D eigenvalue weighted by Crippen LogP contribution is 2.45. The maximum atomic E-state index is 14.0. The fourth-order valence-electron chi connectivity index (χ4n) is 3.20. The van der Waals surface area contributed by atoms with Crippen molar-refractivity contribution in [3.63, 3.8) is 0 Å². The minimum Gasteiger partial charge on any atom is -0.348 e. The molecule has 4 heteroatoms. The van der Waals surface area contributed by atoms with Gasteiger partial charge in [0, 0.05) is 22.7 Å². The van der Waals surface area contributed by atoms with Gasteiger partial charge in [-0.15, -0.1) is 0 Å². The van der Waals surface area contributed by atoms with E-state index < -0.39 is 12.9 Å². The van der Waals surface area contributed by atoms with Crippen LogP contribution in [0.3, 0.4) is 0 Å². The monoisotopic (exact) mass is 344 g/mol. The molecule has 1 atom stereocenters. The molecular weight excluding hydrogens is 319 g/mol. The average Bonchev–Trinajstić information content (AvgIpc) is 3.09. The lowest BCUT2D eigenvalue weighted by Gasteiger charge is -2.31. The predicted molar refractivity (Wildman–Crippen MR) is 98.7 cm³/mol. The molecule has 0 bridgehead atoms. The van der Waals surface area contributed by atoms with E-state index in [0.717, 1.165) is 17.0 Å². The highest BCUT2D eigenvalue weighted by atomic mass is 31.2. The van der Waals surface area contributed by atoms with Crippen molar-refractivity contribution in [2.75, 3.05) is 19.4 Å². The van der Waals surface area contributed by atoms with Gasteiger partial charge in [-0.25, -0.2) is 0 Å². The van der Waals surface area contributed by atoms with E-state index >= 15 is 0 Å². The number of rotatable bonds is 6. The molecule has 2 aromatic rings. The molecule has 1 fully saturated rings. The van der Waals surface area contributed by atoms with Crippen molar-refractivity contribution in [1.82, 2.24) is 0 Å². The summed E-state index contributed by atoms with van der Waals surface area (Å²) in [5, 5.41) is 1.84. The van der Waals surface area contributed by atoms with Gasteiger partial charge in [0.25, 0.3) is 0 Å². The van der Waals surface area contributed by atoms with Gasteiger partial charge < -0.3 is 14.0 Å². The molecule has 3 rings (SSSR count). The maximum Gasteiger partial charge on any atom is 0.168 e. The van der Waals surface area contributed by atoms with Crippen LogP contribution in [0.2, 0.25) is 0 Å². The highest BCUT2D eigenvalue weighted by molar-refractivity contribution is 7.78. The lowest BCUT2D eigenvalue weighted by atomic mass is 10.00. The summed E-state index contributed by atoms with van der Waals surface area (Å²) in [5.74, 6) is -0.376. The largest absolute Gasteiger partial charge is 0.348 e. The summed E-state index contributed by atoms with van der Waals surface area (Å²) in [5.41, 5.74) is 0. The number of hydrogen-bond acceptors (Lipinski definition) is 3. The van der Waals surface area contributed by atoms with Crippen molar-refractivity contribution in [3.05, 3.63) is 60.7 Å². The smallest absolute Gasteiger partial charge is 0.168 e. The zero-order chi connectivity index (χ0) is 17.0. The van der Waals surface area contributed by atoms with Crippen LogP contribution in [0, 0.1) is 5.92 Å². The first-order valence-electron chi connectivity index (χ1n) is 8.53. The Morgan fingerprint density at radius 2 is 1.42 bits per heavy atom. The number of ether oxygens (including phenoxy) is 2. The summed E-state index contributed by atoms with van der Waals surface area (Å²) in [6.07, 6.45) is 1.40. The number of hydrogen-bond donors (Lipinski definition) is 0. The zero-order valence-corrected chi connectivity index (χ0v) is 15.2. The summed E-state index contributed by atoms with van der Waals surface area (Å²) in [6.45, 7) is 5.37. The van der Waals surface area contributed by atoms with Gasteiger partial charge in [-0.3, -0.25) is 0 Å². The van der Waals surface area contributed by atoms with Crippen LogP contribution in [-0.4, -0.2) is 25.2 Å². The Bertz CT molecular complexity index is 650. The van der Waals surface area contributed by atoms with Gasteiger partial charge in [0.15, 0.2) is 5.79 Å². The third-order valence-electron chi connectivity index (χ3n) is 4.98. The van der Waals surface area contributed by atoms with Crippen LogP contribution >= 0.6 is 7.14 Å². The van der Waals surface area contributed by atoms with Crippen molar-refractivity contribution in [2.45, 2.75) is 26.1 Å².